The predicted octanol–water partition coefficient (Wildman–Crippen LogP) is 1.53. The summed E-state index contributed by atoms with van der Waals surface area (Å²) < 4.78 is 2.37. The number of aromatic nitrogens is 1. The SMILES string of the molecule is CC1CCc2ccc(CCO)n21. The summed E-state index contributed by atoms with van der Waals surface area (Å²) in [5.74, 6) is 0. The molecule has 2 heteroatoms. The zero-order chi connectivity index (χ0) is 8.55. The van der Waals surface area contributed by atoms with Gasteiger partial charge in [0.05, 0.1) is 0 Å². The highest BCUT2D eigenvalue weighted by molar-refractivity contribution is 5.21. The summed E-state index contributed by atoms with van der Waals surface area (Å²) in [6, 6.07) is 4.96. The third-order valence-corrected chi connectivity index (χ3v) is 2.71. The number of rotatable bonds is 2. The number of aliphatic hydroxyl groups is 1. The second-order valence-corrected chi connectivity index (χ2v) is 3.55. The Hall–Kier alpha value is -0.760. The van der Waals surface area contributed by atoms with E-state index >= 15 is 0 Å². The largest absolute Gasteiger partial charge is 0.396 e. The van der Waals surface area contributed by atoms with E-state index in [2.05, 4.69) is 23.6 Å². The first kappa shape index (κ1) is 7.87. The van der Waals surface area contributed by atoms with Crippen molar-refractivity contribution in [1.82, 2.24) is 4.57 Å². The quantitative estimate of drug-likeness (QED) is 0.706. The molecular formula is C10H15NO. The lowest BCUT2D eigenvalue weighted by Gasteiger charge is -2.11. The summed E-state index contributed by atoms with van der Waals surface area (Å²) >= 11 is 0. The van der Waals surface area contributed by atoms with E-state index in [1.807, 2.05) is 0 Å². The molecule has 0 saturated carbocycles. The van der Waals surface area contributed by atoms with Crippen LogP contribution in [0.5, 0.6) is 0 Å². The topological polar surface area (TPSA) is 25.2 Å². The summed E-state index contributed by atoms with van der Waals surface area (Å²) in [4.78, 5) is 0. The predicted molar refractivity (Wildman–Crippen MR) is 48.3 cm³/mol. The minimum absolute atomic E-state index is 0.260. The van der Waals surface area contributed by atoms with Gasteiger partial charge in [-0.2, -0.15) is 0 Å². The second kappa shape index (κ2) is 2.94. The Bertz CT molecular complexity index is 277. The van der Waals surface area contributed by atoms with Gasteiger partial charge in [0, 0.05) is 30.5 Å². The van der Waals surface area contributed by atoms with E-state index in [0.717, 1.165) is 6.42 Å². The number of aliphatic hydroxyl groups excluding tert-OH is 1. The summed E-state index contributed by atoms with van der Waals surface area (Å²) in [6.07, 6.45) is 3.26. The van der Waals surface area contributed by atoms with Gasteiger partial charge < -0.3 is 9.67 Å². The van der Waals surface area contributed by atoms with Crippen LogP contribution in [0, 0.1) is 0 Å². The van der Waals surface area contributed by atoms with Crippen molar-refractivity contribution >= 4 is 0 Å². The molecule has 0 fully saturated rings. The normalized spacial score (nSPS) is 21.3. The van der Waals surface area contributed by atoms with Gasteiger partial charge in [0.15, 0.2) is 0 Å². The van der Waals surface area contributed by atoms with Crippen molar-refractivity contribution in [3.63, 3.8) is 0 Å². The lowest BCUT2D eigenvalue weighted by Crippen LogP contribution is -2.05. The lowest BCUT2D eigenvalue weighted by molar-refractivity contribution is 0.295. The average molecular weight is 165 g/mol. The fraction of sp³-hybridized carbons (Fsp3) is 0.600. The molecule has 0 aromatic carbocycles. The van der Waals surface area contributed by atoms with Gasteiger partial charge >= 0.3 is 0 Å². The highest BCUT2D eigenvalue weighted by Gasteiger charge is 2.19. The van der Waals surface area contributed by atoms with E-state index in [0.29, 0.717) is 6.04 Å². The molecule has 2 heterocycles. The van der Waals surface area contributed by atoms with E-state index in [1.165, 1.54) is 24.2 Å². The smallest absolute Gasteiger partial charge is 0.0485 e. The Balaban J connectivity index is 2.32. The lowest BCUT2D eigenvalue weighted by atomic mass is 10.2. The first-order chi connectivity index (χ1) is 5.83. The van der Waals surface area contributed by atoms with Crippen molar-refractivity contribution in [2.24, 2.45) is 0 Å². The van der Waals surface area contributed by atoms with Gasteiger partial charge in [0.1, 0.15) is 0 Å². The van der Waals surface area contributed by atoms with Gasteiger partial charge in [-0.05, 0) is 31.9 Å². The minimum atomic E-state index is 0.260. The first-order valence-electron chi connectivity index (χ1n) is 4.63. The fourth-order valence-corrected chi connectivity index (χ4v) is 2.11. The molecule has 66 valence electrons. The molecule has 0 bridgehead atoms. The monoisotopic (exact) mass is 165 g/mol. The van der Waals surface area contributed by atoms with Crippen molar-refractivity contribution in [1.29, 1.82) is 0 Å². The molecule has 1 aliphatic rings. The van der Waals surface area contributed by atoms with Gasteiger partial charge in [-0.3, -0.25) is 0 Å². The summed E-state index contributed by atoms with van der Waals surface area (Å²) in [6.45, 7) is 2.51. The Kier molecular flexibility index (Phi) is 1.93. The highest BCUT2D eigenvalue weighted by atomic mass is 16.3. The number of fused-ring (bicyclic) bond motifs is 1. The van der Waals surface area contributed by atoms with E-state index < -0.39 is 0 Å². The van der Waals surface area contributed by atoms with Crippen molar-refractivity contribution in [2.75, 3.05) is 6.61 Å². The van der Waals surface area contributed by atoms with Crippen LogP contribution >= 0.6 is 0 Å². The van der Waals surface area contributed by atoms with Crippen LogP contribution in [-0.4, -0.2) is 16.3 Å². The van der Waals surface area contributed by atoms with Gasteiger partial charge in [-0.15, -0.1) is 0 Å². The molecule has 1 N–H and O–H groups in total. The van der Waals surface area contributed by atoms with Crippen molar-refractivity contribution < 1.29 is 5.11 Å². The van der Waals surface area contributed by atoms with Gasteiger partial charge in [0.2, 0.25) is 0 Å². The van der Waals surface area contributed by atoms with Crippen LogP contribution in [0.15, 0.2) is 12.1 Å². The second-order valence-electron chi connectivity index (χ2n) is 3.55. The number of nitrogens with zero attached hydrogens (tertiary/aromatic N) is 1. The number of hydrogen-bond acceptors (Lipinski definition) is 1. The Morgan fingerprint density at radius 3 is 3.17 bits per heavy atom. The molecule has 0 spiro atoms. The third kappa shape index (κ3) is 1.07. The molecule has 1 aliphatic heterocycles. The Morgan fingerprint density at radius 2 is 2.42 bits per heavy atom. The van der Waals surface area contributed by atoms with E-state index in [9.17, 15) is 0 Å². The molecule has 1 unspecified atom stereocenters. The molecule has 2 rings (SSSR count). The maximum absolute atomic E-state index is 8.84. The maximum Gasteiger partial charge on any atom is 0.0485 e. The van der Waals surface area contributed by atoms with Crippen molar-refractivity contribution in [2.45, 2.75) is 32.2 Å². The number of aryl methyl sites for hydroxylation is 1. The van der Waals surface area contributed by atoms with Gasteiger partial charge in [-0.1, -0.05) is 0 Å². The van der Waals surface area contributed by atoms with Crippen LogP contribution in [0.3, 0.4) is 0 Å². The molecule has 0 aliphatic carbocycles. The van der Waals surface area contributed by atoms with E-state index in [4.69, 9.17) is 5.11 Å². The Labute approximate surface area is 72.8 Å². The molecule has 12 heavy (non-hydrogen) atoms. The zero-order valence-corrected chi connectivity index (χ0v) is 7.45. The Morgan fingerprint density at radius 1 is 1.58 bits per heavy atom. The number of hydrogen-bond donors (Lipinski definition) is 1. The molecule has 0 radical (unpaired) electrons. The molecule has 1 atom stereocenters. The van der Waals surface area contributed by atoms with Crippen LogP contribution < -0.4 is 0 Å². The fourth-order valence-electron chi connectivity index (χ4n) is 2.11. The van der Waals surface area contributed by atoms with Crippen LogP contribution in [0.4, 0.5) is 0 Å². The molecule has 0 amide bonds. The van der Waals surface area contributed by atoms with Gasteiger partial charge in [-0.25, -0.2) is 0 Å². The van der Waals surface area contributed by atoms with E-state index in [-0.39, 0.29) is 6.61 Å². The standard InChI is InChI=1S/C10H15NO/c1-8-2-3-9-4-5-10(6-7-12)11(8)9/h4-5,8,12H,2-3,6-7H2,1H3. The van der Waals surface area contributed by atoms with Crippen LogP contribution in [0.1, 0.15) is 30.8 Å². The van der Waals surface area contributed by atoms with E-state index in [1.54, 1.807) is 0 Å². The summed E-state index contributed by atoms with van der Waals surface area (Å²) in [5.41, 5.74) is 2.73. The molecule has 0 saturated heterocycles. The first-order valence-corrected chi connectivity index (χ1v) is 4.63. The molecule has 1 aromatic rings. The third-order valence-electron chi connectivity index (χ3n) is 2.71. The summed E-state index contributed by atoms with van der Waals surface area (Å²) in [7, 11) is 0. The summed E-state index contributed by atoms with van der Waals surface area (Å²) in [5, 5.41) is 8.84. The molecular weight excluding hydrogens is 150 g/mol. The zero-order valence-electron chi connectivity index (χ0n) is 7.45. The van der Waals surface area contributed by atoms with Crippen molar-refractivity contribution in [3.05, 3.63) is 23.5 Å². The van der Waals surface area contributed by atoms with Crippen molar-refractivity contribution in [3.8, 4) is 0 Å². The maximum atomic E-state index is 8.84. The van der Waals surface area contributed by atoms with Gasteiger partial charge in [0.25, 0.3) is 0 Å². The minimum Gasteiger partial charge on any atom is -0.396 e. The molecule has 1 aromatic heterocycles. The van der Waals surface area contributed by atoms with Crippen LogP contribution in [0.2, 0.25) is 0 Å². The molecule has 2 nitrogen and oxygen atoms in total. The average Bonchev–Trinajstić information content (AvgIpc) is 2.58. The van der Waals surface area contributed by atoms with Crippen LogP contribution in [0.25, 0.3) is 0 Å². The van der Waals surface area contributed by atoms with Crippen LogP contribution in [-0.2, 0) is 12.8 Å². The highest BCUT2D eigenvalue weighted by Crippen LogP contribution is 2.28.